The third-order valence-corrected chi connectivity index (χ3v) is 12.3. The molecule has 5 nitrogen and oxygen atoms in total. The molecule has 1 unspecified atom stereocenters. The predicted octanol–water partition coefficient (Wildman–Crippen LogP) is 19.1. The molecule has 0 N–H and O–H groups in total. The zero-order valence-corrected chi connectivity index (χ0v) is 43.1. The molecule has 0 bridgehead atoms. The van der Waals surface area contributed by atoms with Crippen molar-refractivity contribution in [2.45, 2.75) is 297 Å². The first kappa shape index (κ1) is 61.9. The molecule has 0 aromatic rings. The second-order valence-electron chi connectivity index (χ2n) is 18.8. The van der Waals surface area contributed by atoms with Crippen LogP contribution in [-0.2, 0) is 23.8 Å². The lowest BCUT2D eigenvalue weighted by Crippen LogP contribution is -2.30. The van der Waals surface area contributed by atoms with Crippen LogP contribution in [0.4, 0.5) is 0 Å². The Labute approximate surface area is 399 Å². The van der Waals surface area contributed by atoms with Gasteiger partial charge in [0.1, 0.15) is 6.61 Å². The fourth-order valence-corrected chi connectivity index (χ4v) is 8.11. The van der Waals surface area contributed by atoms with Crippen LogP contribution in [0.15, 0.2) is 48.6 Å². The highest BCUT2D eigenvalue weighted by Crippen LogP contribution is 2.16. The molecule has 64 heavy (non-hydrogen) atoms. The highest BCUT2D eigenvalue weighted by atomic mass is 16.6. The standard InChI is InChI=1S/C59H108O5/c1-4-7-10-13-16-19-22-25-27-28-29-30-31-33-36-39-42-45-48-51-54-62-55-57(64-59(61)53-50-47-44-41-38-34-24-21-18-15-12-9-6-3)56-63-58(60)52-49-46-43-40-37-35-32-26-23-20-17-14-11-8-5-2/h12,15,17,20-21,24,26,32,57H,4-11,13-14,16,18-19,22-23,25,27-31,33-56H2,1-3H3/b15-12-,20-17-,24-21-,32-26-. The van der Waals surface area contributed by atoms with Crippen LogP contribution in [0.2, 0.25) is 0 Å². The van der Waals surface area contributed by atoms with Crippen LogP contribution in [0.3, 0.4) is 0 Å². The van der Waals surface area contributed by atoms with Gasteiger partial charge in [-0.2, -0.15) is 0 Å². The first-order chi connectivity index (χ1) is 31.6. The first-order valence-corrected chi connectivity index (χ1v) is 28.2. The van der Waals surface area contributed by atoms with E-state index >= 15 is 0 Å². The van der Waals surface area contributed by atoms with Crippen LogP contribution in [0.5, 0.6) is 0 Å². The van der Waals surface area contributed by atoms with Gasteiger partial charge in [-0.25, -0.2) is 0 Å². The van der Waals surface area contributed by atoms with E-state index < -0.39 is 6.10 Å². The summed E-state index contributed by atoms with van der Waals surface area (Å²) in [6.07, 6.45) is 68.5. The number of esters is 2. The number of rotatable bonds is 52. The van der Waals surface area contributed by atoms with Crippen molar-refractivity contribution in [2.75, 3.05) is 19.8 Å². The van der Waals surface area contributed by atoms with E-state index in [2.05, 4.69) is 69.4 Å². The van der Waals surface area contributed by atoms with Gasteiger partial charge in [0.25, 0.3) is 0 Å². The Morgan fingerprint density at radius 2 is 0.688 bits per heavy atom. The van der Waals surface area contributed by atoms with E-state index in [-0.39, 0.29) is 25.2 Å². The Morgan fingerprint density at radius 1 is 0.344 bits per heavy atom. The van der Waals surface area contributed by atoms with E-state index in [1.165, 1.54) is 186 Å². The average molecular weight is 898 g/mol. The molecule has 0 rings (SSSR count). The van der Waals surface area contributed by atoms with Crippen molar-refractivity contribution >= 4 is 11.9 Å². The lowest BCUT2D eigenvalue weighted by molar-refractivity contribution is -0.163. The molecule has 0 heterocycles. The molecule has 374 valence electrons. The van der Waals surface area contributed by atoms with Gasteiger partial charge >= 0.3 is 11.9 Å². The maximum Gasteiger partial charge on any atom is 0.306 e. The van der Waals surface area contributed by atoms with E-state index in [4.69, 9.17) is 14.2 Å². The Kier molecular flexibility index (Phi) is 53.3. The summed E-state index contributed by atoms with van der Waals surface area (Å²) in [7, 11) is 0. The normalized spacial score (nSPS) is 12.5. The van der Waals surface area contributed by atoms with Gasteiger partial charge in [0, 0.05) is 19.4 Å². The topological polar surface area (TPSA) is 61.8 Å². The summed E-state index contributed by atoms with van der Waals surface area (Å²) in [5.74, 6) is -0.417. The fraction of sp³-hybridized carbons (Fsp3) is 0.831. The van der Waals surface area contributed by atoms with Gasteiger partial charge in [-0.15, -0.1) is 0 Å². The van der Waals surface area contributed by atoms with Gasteiger partial charge in [-0.3, -0.25) is 9.59 Å². The summed E-state index contributed by atoms with van der Waals surface area (Å²) in [5, 5.41) is 0. The zero-order valence-electron chi connectivity index (χ0n) is 43.1. The first-order valence-electron chi connectivity index (χ1n) is 28.2. The maximum atomic E-state index is 12.8. The molecule has 0 spiro atoms. The van der Waals surface area contributed by atoms with Gasteiger partial charge in [-0.05, 0) is 77.0 Å². The van der Waals surface area contributed by atoms with E-state index in [0.717, 1.165) is 70.6 Å². The molecule has 0 fully saturated rings. The number of carbonyl (C=O) groups excluding carboxylic acids is 2. The second-order valence-corrected chi connectivity index (χ2v) is 18.8. The monoisotopic (exact) mass is 897 g/mol. The second kappa shape index (κ2) is 55.2. The average Bonchev–Trinajstić information content (AvgIpc) is 3.30. The van der Waals surface area contributed by atoms with E-state index in [1.54, 1.807) is 0 Å². The molecule has 0 radical (unpaired) electrons. The van der Waals surface area contributed by atoms with Crippen molar-refractivity contribution < 1.29 is 23.8 Å². The Bertz CT molecular complexity index is 1060. The highest BCUT2D eigenvalue weighted by molar-refractivity contribution is 5.70. The summed E-state index contributed by atoms with van der Waals surface area (Å²) < 4.78 is 17.4. The number of carbonyl (C=O) groups is 2. The molecule has 0 aliphatic carbocycles. The largest absolute Gasteiger partial charge is 0.462 e. The SMILES string of the molecule is CCC/C=C\C/C=C\CCCCCCCC(=O)OC(COCCCCCCCCCCCCCCCCCCCCCC)COC(=O)CCCCCCC/C=C\C/C=C\CCCCC. The highest BCUT2D eigenvalue weighted by Gasteiger charge is 2.17. The Morgan fingerprint density at radius 3 is 1.12 bits per heavy atom. The quantitative estimate of drug-likeness (QED) is 0.0346. The molecule has 0 aliphatic rings. The molecule has 0 aliphatic heterocycles. The van der Waals surface area contributed by atoms with Gasteiger partial charge < -0.3 is 14.2 Å². The van der Waals surface area contributed by atoms with Crippen LogP contribution in [0.25, 0.3) is 0 Å². The lowest BCUT2D eigenvalue weighted by atomic mass is 10.0. The number of allylic oxidation sites excluding steroid dienone is 8. The Hall–Kier alpha value is -2.14. The zero-order chi connectivity index (χ0) is 46.3. The van der Waals surface area contributed by atoms with Crippen molar-refractivity contribution in [3.05, 3.63) is 48.6 Å². The number of hydrogen-bond donors (Lipinski definition) is 0. The number of unbranched alkanes of at least 4 members (excludes halogenated alkanes) is 33. The van der Waals surface area contributed by atoms with E-state index in [0.29, 0.717) is 19.4 Å². The summed E-state index contributed by atoms with van der Waals surface area (Å²) in [6.45, 7) is 7.76. The molecule has 0 aromatic heterocycles. The Balaban J connectivity index is 4.23. The summed E-state index contributed by atoms with van der Waals surface area (Å²) >= 11 is 0. The third-order valence-electron chi connectivity index (χ3n) is 12.3. The molecular formula is C59H108O5. The van der Waals surface area contributed by atoms with Gasteiger partial charge in [0.15, 0.2) is 6.10 Å². The summed E-state index contributed by atoms with van der Waals surface area (Å²) in [5.41, 5.74) is 0. The van der Waals surface area contributed by atoms with Crippen LogP contribution in [0, 0.1) is 0 Å². The van der Waals surface area contributed by atoms with Crippen molar-refractivity contribution in [3.63, 3.8) is 0 Å². The smallest absolute Gasteiger partial charge is 0.306 e. The summed E-state index contributed by atoms with van der Waals surface area (Å²) in [6, 6.07) is 0. The fourth-order valence-electron chi connectivity index (χ4n) is 8.11. The van der Waals surface area contributed by atoms with Crippen molar-refractivity contribution in [3.8, 4) is 0 Å². The van der Waals surface area contributed by atoms with E-state index in [9.17, 15) is 9.59 Å². The molecule has 0 amide bonds. The minimum atomic E-state index is -0.547. The number of ether oxygens (including phenoxy) is 3. The minimum absolute atomic E-state index is 0.0754. The number of hydrogen-bond acceptors (Lipinski definition) is 5. The minimum Gasteiger partial charge on any atom is -0.462 e. The molecule has 0 saturated heterocycles. The maximum absolute atomic E-state index is 12.8. The van der Waals surface area contributed by atoms with E-state index in [1.807, 2.05) is 0 Å². The molecule has 0 aromatic carbocycles. The summed E-state index contributed by atoms with van der Waals surface area (Å²) in [4.78, 5) is 25.4. The molecule has 0 saturated carbocycles. The van der Waals surface area contributed by atoms with Crippen molar-refractivity contribution in [1.29, 1.82) is 0 Å². The molecular weight excluding hydrogens is 789 g/mol. The van der Waals surface area contributed by atoms with Crippen LogP contribution >= 0.6 is 0 Å². The van der Waals surface area contributed by atoms with Crippen molar-refractivity contribution in [1.82, 2.24) is 0 Å². The van der Waals surface area contributed by atoms with Gasteiger partial charge in [0.05, 0.1) is 6.61 Å². The molecule has 1 atom stereocenters. The van der Waals surface area contributed by atoms with Crippen LogP contribution in [0.1, 0.15) is 290 Å². The third kappa shape index (κ3) is 52.5. The van der Waals surface area contributed by atoms with Crippen LogP contribution < -0.4 is 0 Å². The predicted molar refractivity (Wildman–Crippen MR) is 279 cm³/mol. The molecule has 5 heteroatoms. The van der Waals surface area contributed by atoms with Gasteiger partial charge in [-0.1, -0.05) is 249 Å². The lowest BCUT2D eigenvalue weighted by Gasteiger charge is -2.18. The van der Waals surface area contributed by atoms with Crippen LogP contribution in [-0.4, -0.2) is 37.9 Å². The van der Waals surface area contributed by atoms with Crippen molar-refractivity contribution in [2.24, 2.45) is 0 Å². The van der Waals surface area contributed by atoms with Gasteiger partial charge in [0.2, 0.25) is 0 Å².